The largest absolute Gasteiger partial charge is 0.492 e. The fourth-order valence-corrected chi connectivity index (χ4v) is 1.25. The molecule has 15 heavy (non-hydrogen) atoms. The zero-order valence-corrected chi connectivity index (χ0v) is 9.74. The van der Waals surface area contributed by atoms with Gasteiger partial charge in [0.25, 0.3) is 0 Å². The van der Waals surface area contributed by atoms with Crippen molar-refractivity contribution in [1.29, 1.82) is 0 Å². The Bertz CT molecular complexity index is 357. The number of carboxylic acid groups (broad SMARTS) is 1. The van der Waals surface area contributed by atoms with Crippen LogP contribution in [0, 0.1) is 0 Å². The highest BCUT2D eigenvalue weighted by Gasteiger charge is 2.05. The number of halogens is 1. The Hall–Kier alpha value is -1.30. The maximum Gasteiger partial charge on any atom is 0.410 e. The number of pyridine rings is 1. The van der Waals surface area contributed by atoms with E-state index in [9.17, 15) is 4.79 Å². The third-order valence-electron chi connectivity index (χ3n) is 1.52. The first kappa shape index (κ1) is 11.8. The van der Waals surface area contributed by atoms with Crippen LogP contribution in [0.15, 0.2) is 16.7 Å². The lowest BCUT2D eigenvalue weighted by molar-refractivity contribution is 0.209. The molecule has 0 fully saturated rings. The molecule has 6 heteroatoms. The number of hydrogen-bond acceptors (Lipinski definition) is 3. The maximum absolute atomic E-state index is 10.4. The fourth-order valence-electron chi connectivity index (χ4n) is 0.921. The van der Waals surface area contributed by atoms with Crippen molar-refractivity contribution in [2.24, 2.45) is 0 Å². The molecule has 0 aliphatic carbocycles. The lowest BCUT2D eigenvalue weighted by atomic mass is 10.4. The number of nitrogens with one attached hydrogen (secondary N) is 1. The highest BCUT2D eigenvalue weighted by atomic mass is 79.9. The summed E-state index contributed by atoms with van der Waals surface area (Å²) in [6, 6.07) is 1.54. The molecule has 0 aliphatic heterocycles. The van der Waals surface area contributed by atoms with Gasteiger partial charge in [0.2, 0.25) is 0 Å². The molecule has 0 aliphatic rings. The number of amides is 1. The zero-order chi connectivity index (χ0) is 11.3. The van der Waals surface area contributed by atoms with Gasteiger partial charge in [0.15, 0.2) is 0 Å². The first-order valence-electron chi connectivity index (χ1n) is 4.41. The molecule has 1 rings (SSSR count). The van der Waals surface area contributed by atoms with Crippen LogP contribution >= 0.6 is 15.9 Å². The van der Waals surface area contributed by atoms with Gasteiger partial charge in [0.1, 0.15) is 11.6 Å². The highest BCUT2D eigenvalue weighted by molar-refractivity contribution is 9.10. The quantitative estimate of drug-likeness (QED) is 0.886. The van der Waals surface area contributed by atoms with Crippen LogP contribution in [0.4, 0.5) is 10.6 Å². The van der Waals surface area contributed by atoms with Gasteiger partial charge in [-0.2, -0.15) is 0 Å². The summed E-state index contributed by atoms with van der Waals surface area (Å²) in [4.78, 5) is 14.2. The maximum atomic E-state index is 10.4. The van der Waals surface area contributed by atoms with Crippen LogP contribution in [0.1, 0.15) is 13.3 Å². The zero-order valence-electron chi connectivity index (χ0n) is 8.16. The second-order valence-corrected chi connectivity index (χ2v) is 3.63. The van der Waals surface area contributed by atoms with E-state index >= 15 is 0 Å². The Morgan fingerprint density at radius 2 is 2.47 bits per heavy atom. The summed E-state index contributed by atoms with van der Waals surface area (Å²) in [6.07, 6.45) is 1.23. The highest BCUT2D eigenvalue weighted by Crippen LogP contribution is 2.26. The lowest BCUT2D eigenvalue weighted by Gasteiger charge is -2.08. The molecule has 0 saturated heterocycles. The Labute approximate surface area is 95.6 Å². The smallest absolute Gasteiger partial charge is 0.410 e. The minimum Gasteiger partial charge on any atom is -0.492 e. The Kier molecular flexibility index (Phi) is 4.36. The Balaban J connectivity index is 2.79. The van der Waals surface area contributed by atoms with Gasteiger partial charge in [-0.1, -0.05) is 6.92 Å². The van der Waals surface area contributed by atoms with E-state index in [1.165, 1.54) is 12.3 Å². The molecule has 0 saturated carbocycles. The molecule has 0 unspecified atom stereocenters. The van der Waals surface area contributed by atoms with Crippen LogP contribution in [0.25, 0.3) is 0 Å². The van der Waals surface area contributed by atoms with E-state index in [0.717, 1.165) is 6.42 Å². The van der Waals surface area contributed by atoms with E-state index in [1.807, 2.05) is 6.92 Å². The minimum absolute atomic E-state index is 0.247. The molecule has 1 heterocycles. The molecule has 0 radical (unpaired) electrons. The number of aromatic nitrogens is 1. The fraction of sp³-hybridized carbons (Fsp3) is 0.333. The molecule has 0 atom stereocenters. The number of hydrogen-bond donors (Lipinski definition) is 2. The summed E-state index contributed by atoms with van der Waals surface area (Å²) in [5.74, 6) is 0.826. The van der Waals surface area contributed by atoms with Crippen LogP contribution in [-0.4, -0.2) is 22.8 Å². The second kappa shape index (κ2) is 5.55. The van der Waals surface area contributed by atoms with Gasteiger partial charge in [-0.05, 0) is 22.4 Å². The van der Waals surface area contributed by atoms with Crippen molar-refractivity contribution in [2.45, 2.75) is 13.3 Å². The van der Waals surface area contributed by atoms with Gasteiger partial charge in [-0.15, -0.1) is 0 Å². The van der Waals surface area contributed by atoms with Gasteiger partial charge >= 0.3 is 6.09 Å². The van der Waals surface area contributed by atoms with Gasteiger partial charge in [-0.25, -0.2) is 9.78 Å². The van der Waals surface area contributed by atoms with Gasteiger partial charge in [-0.3, -0.25) is 5.32 Å². The Morgan fingerprint density at radius 3 is 3.07 bits per heavy atom. The molecule has 1 aromatic heterocycles. The number of rotatable bonds is 4. The van der Waals surface area contributed by atoms with E-state index in [1.54, 1.807) is 0 Å². The molecular formula is C9H11BrN2O3. The van der Waals surface area contributed by atoms with E-state index in [2.05, 4.69) is 26.2 Å². The van der Waals surface area contributed by atoms with Crippen molar-refractivity contribution in [1.82, 2.24) is 4.98 Å². The summed E-state index contributed by atoms with van der Waals surface area (Å²) < 4.78 is 6.09. The first-order chi connectivity index (χ1) is 7.13. The number of carbonyl (C=O) groups is 1. The minimum atomic E-state index is -1.15. The van der Waals surface area contributed by atoms with Crippen LogP contribution < -0.4 is 10.1 Å². The normalized spacial score (nSPS) is 9.73. The number of ether oxygens (including phenoxy) is 1. The Morgan fingerprint density at radius 1 is 1.73 bits per heavy atom. The van der Waals surface area contributed by atoms with Crippen molar-refractivity contribution >= 4 is 27.8 Å². The molecule has 82 valence electrons. The summed E-state index contributed by atoms with van der Waals surface area (Å²) in [7, 11) is 0. The summed E-state index contributed by atoms with van der Waals surface area (Å²) >= 11 is 3.26. The van der Waals surface area contributed by atoms with E-state index in [-0.39, 0.29) is 5.82 Å². The average Bonchev–Trinajstić information content (AvgIpc) is 2.18. The second-order valence-electron chi connectivity index (χ2n) is 2.78. The van der Waals surface area contributed by atoms with E-state index in [0.29, 0.717) is 16.8 Å². The van der Waals surface area contributed by atoms with Gasteiger partial charge in [0, 0.05) is 12.3 Å². The monoisotopic (exact) mass is 274 g/mol. The van der Waals surface area contributed by atoms with Crippen molar-refractivity contribution < 1.29 is 14.6 Å². The molecule has 0 aromatic carbocycles. The molecule has 0 bridgehead atoms. The molecule has 0 spiro atoms. The summed E-state index contributed by atoms with van der Waals surface area (Å²) in [5.41, 5.74) is 0. The number of nitrogens with zero attached hydrogens (tertiary/aromatic N) is 1. The van der Waals surface area contributed by atoms with Crippen LogP contribution in [0.5, 0.6) is 5.75 Å². The van der Waals surface area contributed by atoms with Crippen molar-refractivity contribution in [3.63, 3.8) is 0 Å². The SMILES string of the molecule is CCCOc1cc(NC(=O)O)ncc1Br. The van der Waals surface area contributed by atoms with Gasteiger partial charge < -0.3 is 9.84 Å². The van der Waals surface area contributed by atoms with Gasteiger partial charge in [0.05, 0.1) is 11.1 Å². The predicted molar refractivity (Wildman–Crippen MR) is 59.4 cm³/mol. The van der Waals surface area contributed by atoms with E-state index in [4.69, 9.17) is 9.84 Å². The van der Waals surface area contributed by atoms with Crippen molar-refractivity contribution in [2.75, 3.05) is 11.9 Å². The van der Waals surface area contributed by atoms with Crippen molar-refractivity contribution in [3.05, 3.63) is 16.7 Å². The molecule has 1 aromatic rings. The molecule has 5 nitrogen and oxygen atoms in total. The van der Waals surface area contributed by atoms with Crippen LogP contribution in [-0.2, 0) is 0 Å². The predicted octanol–water partition coefficient (Wildman–Crippen LogP) is 2.72. The lowest BCUT2D eigenvalue weighted by Crippen LogP contribution is -2.09. The average molecular weight is 275 g/mol. The van der Waals surface area contributed by atoms with E-state index < -0.39 is 6.09 Å². The number of anilines is 1. The standard InChI is InChI=1S/C9H11BrN2O3/c1-2-3-15-7-4-8(12-9(13)14)11-5-6(7)10/h4-5H,2-3H2,1H3,(H,11,12)(H,13,14). The first-order valence-corrected chi connectivity index (χ1v) is 5.21. The molecular weight excluding hydrogens is 264 g/mol. The topological polar surface area (TPSA) is 71.5 Å². The third-order valence-corrected chi connectivity index (χ3v) is 2.11. The summed E-state index contributed by atoms with van der Waals surface area (Å²) in [6.45, 7) is 2.57. The van der Waals surface area contributed by atoms with Crippen LogP contribution in [0.3, 0.4) is 0 Å². The summed E-state index contributed by atoms with van der Waals surface area (Å²) in [5, 5.41) is 10.7. The van der Waals surface area contributed by atoms with Crippen molar-refractivity contribution in [3.8, 4) is 5.75 Å². The van der Waals surface area contributed by atoms with Crippen LogP contribution in [0.2, 0.25) is 0 Å². The third kappa shape index (κ3) is 3.75. The molecule has 1 amide bonds. The molecule has 2 N–H and O–H groups in total.